The Morgan fingerprint density at radius 1 is 1.39 bits per heavy atom. The van der Waals surface area contributed by atoms with Crippen molar-refractivity contribution in [3.8, 4) is 0 Å². The number of nitrogens with zero attached hydrogens (tertiary/aromatic N) is 3. The summed E-state index contributed by atoms with van der Waals surface area (Å²) in [5, 5.41) is 3.02. The van der Waals surface area contributed by atoms with Gasteiger partial charge in [-0.15, -0.1) is 0 Å². The van der Waals surface area contributed by atoms with Gasteiger partial charge in [-0.1, -0.05) is 0 Å². The molecule has 3 heterocycles. The quantitative estimate of drug-likeness (QED) is 0.826. The molecule has 0 bridgehead atoms. The number of carbonyl (C=O) groups excluding carboxylic acids is 1. The van der Waals surface area contributed by atoms with Crippen LogP contribution in [0.3, 0.4) is 0 Å². The maximum Gasteiger partial charge on any atom is 0.332 e. The van der Waals surface area contributed by atoms with Gasteiger partial charge >= 0.3 is 5.69 Å². The number of aryl methyl sites for hydroxylation is 1. The fraction of sp³-hybridized carbons (Fsp3) is 0.467. The SMILES string of the molecule is Cn1c(=O)c2cc(C(=O)NCC3CCCO3)cnc2n(C)c1=O. The van der Waals surface area contributed by atoms with E-state index in [1.54, 1.807) is 0 Å². The summed E-state index contributed by atoms with van der Waals surface area (Å²) in [5.41, 5.74) is -0.380. The minimum absolute atomic E-state index is 0.0426. The number of carbonyl (C=O) groups is 1. The van der Waals surface area contributed by atoms with Crippen molar-refractivity contribution in [1.29, 1.82) is 0 Å². The molecule has 0 aliphatic carbocycles. The van der Waals surface area contributed by atoms with Gasteiger partial charge < -0.3 is 10.1 Å². The highest BCUT2D eigenvalue weighted by molar-refractivity contribution is 5.96. The zero-order chi connectivity index (χ0) is 16.6. The van der Waals surface area contributed by atoms with E-state index in [0.717, 1.165) is 24.0 Å². The van der Waals surface area contributed by atoms with E-state index in [1.807, 2.05) is 0 Å². The molecular weight excluding hydrogens is 300 g/mol. The summed E-state index contributed by atoms with van der Waals surface area (Å²) in [6.07, 6.45) is 3.34. The van der Waals surface area contributed by atoms with Gasteiger partial charge in [-0.3, -0.25) is 18.7 Å². The molecule has 1 fully saturated rings. The van der Waals surface area contributed by atoms with Gasteiger partial charge in [-0.2, -0.15) is 0 Å². The van der Waals surface area contributed by atoms with Crippen molar-refractivity contribution in [2.75, 3.05) is 13.2 Å². The molecular formula is C15H18N4O4. The van der Waals surface area contributed by atoms with Gasteiger partial charge in [0.15, 0.2) is 0 Å². The van der Waals surface area contributed by atoms with E-state index >= 15 is 0 Å². The molecule has 0 radical (unpaired) electrons. The van der Waals surface area contributed by atoms with Crippen LogP contribution in [0, 0.1) is 0 Å². The number of aromatic nitrogens is 3. The van der Waals surface area contributed by atoms with Crippen molar-refractivity contribution in [2.45, 2.75) is 18.9 Å². The van der Waals surface area contributed by atoms with Crippen LogP contribution >= 0.6 is 0 Å². The van der Waals surface area contributed by atoms with Crippen LogP contribution in [-0.4, -0.2) is 39.3 Å². The molecule has 8 heteroatoms. The van der Waals surface area contributed by atoms with Crippen LogP contribution < -0.4 is 16.6 Å². The average Bonchev–Trinajstić information content (AvgIpc) is 3.08. The first-order valence-electron chi connectivity index (χ1n) is 7.44. The van der Waals surface area contributed by atoms with Gasteiger partial charge in [-0.05, 0) is 18.9 Å². The number of hydrogen-bond acceptors (Lipinski definition) is 5. The molecule has 1 unspecified atom stereocenters. The monoisotopic (exact) mass is 318 g/mol. The molecule has 1 saturated heterocycles. The van der Waals surface area contributed by atoms with E-state index < -0.39 is 11.2 Å². The van der Waals surface area contributed by atoms with Crippen molar-refractivity contribution in [3.05, 3.63) is 38.7 Å². The topological polar surface area (TPSA) is 95.2 Å². The molecule has 1 aliphatic heterocycles. The Hall–Kier alpha value is -2.48. The van der Waals surface area contributed by atoms with Gasteiger partial charge in [0, 0.05) is 33.4 Å². The first-order chi connectivity index (χ1) is 11.0. The van der Waals surface area contributed by atoms with E-state index in [0.29, 0.717) is 6.54 Å². The van der Waals surface area contributed by atoms with Crippen molar-refractivity contribution in [3.63, 3.8) is 0 Å². The van der Waals surface area contributed by atoms with Crippen LogP contribution in [0.5, 0.6) is 0 Å². The predicted molar refractivity (Wildman–Crippen MR) is 83.5 cm³/mol. The van der Waals surface area contributed by atoms with Crippen LogP contribution in [0.15, 0.2) is 21.9 Å². The molecule has 2 aromatic rings. The minimum atomic E-state index is -0.468. The second-order valence-electron chi connectivity index (χ2n) is 5.65. The molecule has 8 nitrogen and oxygen atoms in total. The highest BCUT2D eigenvalue weighted by atomic mass is 16.5. The summed E-state index contributed by atoms with van der Waals surface area (Å²) < 4.78 is 7.73. The van der Waals surface area contributed by atoms with E-state index in [-0.39, 0.29) is 28.6 Å². The third kappa shape index (κ3) is 2.77. The summed E-state index contributed by atoms with van der Waals surface area (Å²) in [6, 6.07) is 1.47. The molecule has 23 heavy (non-hydrogen) atoms. The molecule has 0 saturated carbocycles. The Balaban J connectivity index is 1.92. The Labute approximate surface area is 131 Å². The van der Waals surface area contributed by atoms with E-state index in [1.165, 1.54) is 30.9 Å². The highest BCUT2D eigenvalue weighted by Gasteiger charge is 2.18. The van der Waals surface area contributed by atoms with Gasteiger partial charge in [0.2, 0.25) is 0 Å². The third-order valence-electron chi connectivity index (χ3n) is 4.07. The summed E-state index contributed by atoms with van der Waals surface area (Å²) in [7, 11) is 2.93. The fourth-order valence-corrected chi connectivity index (χ4v) is 2.70. The lowest BCUT2D eigenvalue weighted by atomic mass is 10.2. The fourth-order valence-electron chi connectivity index (χ4n) is 2.70. The summed E-state index contributed by atoms with van der Waals surface area (Å²) in [5.74, 6) is -0.314. The van der Waals surface area contributed by atoms with Crippen molar-refractivity contribution >= 4 is 16.9 Å². The Bertz CT molecular complexity index is 877. The van der Waals surface area contributed by atoms with Crippen LogP contribution in [0.1, 0.15) is 23.2 Å². The van der Waals surface area contributed by atoms with E-state index in [9.17, 15) is 14.4 Å². The number of nitrogens with one attached hydrogen (secondary N) is 1. The molecule has 1 aliphatic rings. The average molecular weight is 318 g/mol. The van der Waals surface area contributed by atoms with Gasteiger partial charge in [0.05, 0.1) is 17.1 Å². The zero-order valence-corrected chi connectivity index (χ0v) is 13.0. The molecule has 0 aromatic carbocycles. The second-order valence-corrected chi connectivity index (χ2v) is 5.65. The smallest absolute Gasteiger partial charge is 0.332 e. The van der Waals surface area contributed by atoms with Crippen LogP contribution in [0.2, 0.25) is 0 Å². The van der Waals surface area contributed by atoms with Gasteiger partial charge in [-0.25, -0.2) is 9.78 Å². The Morgan fingerprint density at radius 2 is 2.17 bits per heavy atom. The predicted octanol–water partition coefficient (Wildman–Crippen LogP) is -0.459. The van der Waals surface area contributed by atoms with Crippen LogP contribution in [0.4, 0.5) is 0 Å². The van der Waals surface area contributed by atoms with Crippen molar-refractivity contribution < 1.29 is 9.53 Å². The number of fused-ring (bicyclic) bond motifs is 1. The summed E-state index contributed by atoms with van der Waals surface area (Å²) >= 11 is 0. The number of pyridine rings is 1. The second kappa shape index (κ2) is 5.96. The zero-order valence-electron chi connectivity index (χ0n) is 13.0. The van der Waals surface area contributed by atoms with Crippen LogP contribution in [0.25, 0.3) is 11.0 Å². The number of rotatable bonds is 3. The standard InChI is InChI=1S/C15H18N4O4/c1-18-12-11(14(21)19(2)15(18)22)6-9(7-16-12)13(20)17-8-10-4-3-5-23-10/h6-7,10H,3-5,8H2,1-2H3,(H,17,20). The van der Waals surface area contributed by atoms with E-state index in [2.05, 4.69) is 10.3 Å². The molecule has 3 rings (SSSR count). The first kappa shape index (κ1) is 15.4. The number of ether oxygens (including phenoxy) is 1. The van der Waals surface area contributed by atoms with Crippen molar-refractivity contribution in [1.82, 2.24) is 19.4 Å². The molecule has 1 N–H and O–H groups in total. The highest BCUT2D eigenvalue weighted by Crippen LogP contribution is 2.11. The lowest BCUT2D eigenvalue weighted by Crippen LogP contribution is -2.37. The minimum Gasteiger partial charge on any atom is -0.376 e. The summed E-state index contributed by atoms with van der Waals surface area (Å²) in [4.78, 5) is 40.4. The van der Waals surface area contributed by atoms with Crippen LogP contribution in [-0.2, 0) is 18.8 Å². The molecule has 0 spiro atoms. The van der Waals surface area contributed by atoms with Gasteiger partial charge in [0.1, 0.15) is 5.65 Å². The van der Waals surface area contributed by atoms with Crippen molar-refractivity contribution in [2.24, 2.45) is 14.1 Å². The summed E-state index contributed by atoms with van der Waals surface area (Å²) in [6.45, 7) is 1.16. The normalized spacial score (nSPS) is 17.6. The largest absolute Gasteiger partial charge is 0.376 e. The number of hydrogen-bond donors (Lipinski definition) is 1. The third-order valence-corrected chi connectivity index (χ3v) is 4.07. The lowest BCUT2D eigenvalue weighted by molar-refractivity contribution is 0.0857. The molecule has 1 amide bonds. The van der Waals surface area contributed by atoms with E-state index in [4.69, 9.17) is 4.74 Å². The molecule has 2 aromatic heterocycles. The number of amides is 1. The Morgan fingerprint density at radius 3 is 2.87 bits per heavy atom. The first-order valence-corrected chi connectivity index (χ1v) is 7.44. The molecule has 1 atom stereocenters. The Kier molecular flexibility index (Phi) is 3.99. The lowest BCUT2D eigenvalue weighted by Gasteiger charge is -2.11. The maximum atomic E-state index is 12.2. The van der Waals surface area contributed by atoms with Gasteiger partial charge in [0.25, 0.3) is 11.5 Å². The molecule has 122 valence electrons. The maximum absolute atomic E-state index is 12.2.